The molecule has 3 rings (SSSR count). The van der Waals surface area contributed by atoms with E-state index >= 15 is 0 Å². The van der Waals surface area contributed by atoms with Crippen molar-refractivity contribution in [2.45, 2.75) is 51.5 Å². The van der Waals surface area contributed by atoms with Gasteiger partial charge in [0.1, 0.15) is 0 Å². The first-order chi connectivity index (χ1) is 8.75. The van der Waals surface area contributed by atoms with E-state index in [1.165, 1.54) is 55.1 Å². The van der Waals surface area contributed by atoms with Crippen molar-refractivity contribution >= 4 is 23.3 Å². The van der Waals surface area contributed by atoms with Gasteiger partial charge in [0.05, 0.1) is 11.0 Å². The molecule has 0 amide bonds. The summed E-state index contributed by atoms with van der Waals surface area (Å²) in [6.45, 7) is 2.15. The van der Waals surface area contributed by atoms with Crippen molar-refractivity contribution in [3.05, 3.63) is 28.5 Å². The number of rotatable bonds is 1. The molecule has 18 heavy (non-hydrogen) atoms. The molecule has 0 aliphatic heterocycles. The third kappa shape index (κ3) is 2.12. The van der Waals surface area contributed by atoms with E-state index in [9.17, 15) is 0 Å². The third-order valence-corrected chi connectivity index (χ3v) is 4.36. The molecule has 1 N–H and O–H groups in total. The van der Waals surface area contributed by atoms with Crippen LogP contribution in [0.1, 0.15) is 50.1 Å². The molecular weight excluding hydrogens is 240 g/mol. The largest absolute Gasteiger partial charge is 0.331 e. The van der Waals surface area contributed by atoms with Crippen LogP contribution in [0.15, 0.2) is 18.2 Å². The van der Waals surface area contributed by atoms with Crippen LogP contribution in [0.5, 0.6) is 0 Å². The molecule has 1 aliphatic carbocycles. The second kappa shape index (κ2) is 4.88. The molecule has 2 nitrogen and oxygen atoms in total. The fourth-order valence-corrected chi connectivity index (χ4v) is 3.47. The third-order valence-electron chi connectivity index (χ3n) is 4.06. The van der Waals surface area contributed by atoms with Crippen molar-refractivity contribution in [1.29, 1.82) is 0 Å². The first kappa shape index (κ1) is 12.0. The SMILES string of the molecule is Cc1ccc2[nH]c(=S)n(C3CCCCCC3)c2c1. The highest BCUT2D eigenvalue weighted by atomic mass is 32.1. The summed E-state index contributed by atoms with van der Waals surface area (Å²) in [6.07, 6.45) is 7.98. The Hall–Kier alpha value is -1.09. The zero-order valence-corrected chi connectivity index (χ0v) is 11.7. The van der Waals surface area contributed by atoms with Crippen molar-refractivity contribution in [1.82, 2.24) is 9.55 Å². The van der Waals surface area contributed by atoms with Crippen LogP contribution in [0.2, 0.25) is 0 Å². The predicted octanol–water partition coefficient (Wildman–Crippen LogP) is 4.90. The monoisotopic (exact) mass is 260 g/mol. The molecule has 1 aromatic heterocycles. The van der Waals surface area contributed by atoms with E-state index in [2.05, 4.69) is 34.7 Å². The number of fused-ring (bicyclic) bond motifs is 1. The zero-order valence-electron chi connectivity index (χ0n) is 10.9. The second-order valence-corrected chi connectivity index (χ2v) is 5.85. The lowest BCUT2D eigenvalue weighted by molar-refractivity contribution is 0.450. The molecule has 1 aromatic carbocycles. The normalized spacial score (nSPS) is 18.1. The molecule has 1 heterocycles. The van der Waals surface area contributed by atoms with Crippen LogP contribution in [0, 0.1) is 11.7 Å². The highest BCUT2D eigenvalue weighted by molar-refractivity contribution is 7.71. The van der Waals surface area contributed by atoms with Crippen LogP contribution in [-0.2, 0) is 0 Å². The maximum Gasteiger partial charge on any atom is 0.178 e. The molecule has 0 unspecified atom stereocenters. The van der Waals surface area contributed by atoms with E-state index in [0.29, 0.717) is 6.04 Å². The van der Waals surface area contributed by atoms with Gasteiger partial charge in [-0.3, -0.25) is 0 Å². The number of aryl methyl sites for hydroxylation is 1. The number of H-pyrrole nitrogens is 1. The second-order valence-electron chi connectivity index (χ2n) is 5.47. The van der Waals surface area contributed by atoms with Crippen LogP contribution in [0.4, 0.5) is 0 Å². The molecule has 0 saturated heterocycles. The Bertz CT molecular complexity index is 600. The lowest BCUT2D eigenvalue weighted by Gasteiger charge is -2.17. The number of aromatic amines is 1. The average molecular weight is 260 g/mol. The van der Waals surface area contributed by atoms with E-state index < -0.39 is 0 Å². The molecule has 0 bridgehead atoms. The maximum atomic E-state index is 5.53. The lowest BCUT2D eigenvalue weighted by Crippen LogP contribution is -2.08. The Labute approximate surface area is 113 Å². The van der Waals surface area contributed by atoms with Gasteiger partial charge in [0, 0.05) is 6.04 Å². The lowest BCUT2D eigenvalue weighted by atomic mass is 10.1. The van der Waals surface area contributed by atoms with Crippen LogP contribution in [0.25, 0.3) is 11.0 Å². The number of hydrogen-bond donors (Lipinski definition) is 1. The number of hydrogen-bond acceptors (Lipinski definition) is 1. The molecule has 3 heteroatoms. The fraction of sp³-hybridized carbons (Fsp3) is 0.533. The minimum Gasteiger partial charge on any atom is -0.331 e. The highest BCUT2D eigenvalue weighted by Gasteiger charge is 2.17. The molecule has 0 spiro atoms. The van der Waals surface area contributed by atoms with E-state index in [-0.39, 0.29) is 0 Å². The highest BCUT2D eigenvalue weighted by Crippen LogP contribution is 2.30. The van der Waals surface area contributed by atoms with Gasteiger partial charge < -0.3 is 9.55 Å². The predicted molar refractivity (Wildman–Crippen MR) is 78.6 cm³/mol. The quantitative estimate of drug-likeness (QED) is 0.571. The Morgan fingerprint density at radius 2 is 1.89 bits per heavy atom. The van der Waals surface area contributed by atoms with E-state index in [4.69, 9.17) is 12.2 Å². The first-order valence-electron chi connectivity index (χ1n) is 6.96. The minimum absolute atomic E-state index is 0.593. The number of nitrogens with zero attached hydrogens (tertiary/aromatic N) is 1. The molecule has 1 fully saturated rings. The van der Waals surface area contributed by atoms with Gasteiger partial charge in [-0.25, -0.2) is 0 Å². The van der Waals surface area contributed by atoms with E-state index in [0.717, 1.165) is 4.77 Å². The summed E-state index contributed by atoms with van der Waals surface area (Å²) >= 11 is 5.53. The van der Waals surface area contributed by atoms with Crippen LogP contribution in [0.3, 0.4) is 0 Å². The average Bonchev–Trinajstić information content (AvgIpc) is 2.55. The Morgan fingerprint density at radius 3 is 2.61 bits per heavy atom. The Kier molecular flexibility index (Phi) is 3.25. The number of aromatic nitrogens is 2. The number of imidazole rings is 1. The van der Waals surface area contributed by atoms with Gasteiger partial charge in [-0.2, -0.15) is 0 Å². The zero-order chi connectivity index (χ0) is 12.5. The fourth-order valence-electron chi connectivity index (χ4n) is 3.11. The maximum absolute atomic E-state index is 5.53. The van der Waals surface area contributed by atoms with Crippen LogP contribution in [-0.4, -0.2) is 9.55 Å². The van der Waals surface area contributed by atoms with Gasteiger partial charge in [-0.1, -0.05) is 31.7 Å². The Balaban J connectivity index is 2.11. The minimum atomic E-state index is 0.593. The summed E-state index contributed by atoms with van der Waals surface area (Å²) in [7, 11) is 0. The smallest absolute Gasteiger partial charge is 0.178 e. The topological polar surface area (TPSA) is 20.7 Å². The van der Waals surface area contributed by atoms with Gasteiger partial charge in [0.15, 0.2) is 4.77 Å². The number of benzene rings is 1. The van der Waals surface area contributed by atoms with Crippen molar-refractivity contribution in [3.8, 4) is 0 Å². The van der Waals surface area contributed by atoms with E-state index in [1.807, 2.05) is 0 Å². The summed E-state index contributed by atoms with van der Waals surface area (Å²) in [4.78, 5) is 3.35. The molecular formula is C15H20N2S. The molecule has 2 aromatic rings. The summed E-state index contributed by atoms with van der Waals surface area (Å²) < 4.78 is 3.26. The van der Waals surface area contributed by atoms with Gasteiger partial charge in [0.25, 0.3) is 0 Å². The molecule has 1 saturated carbocycles. The van der Waals surface area contributed by atoms with Gasteiger partial charge >= 0.3 is 0 Å². The van der Waals surface area contributed by atoms with Gasteiger partial charge in [-0.15, -0.1) is 0 Å². The van der Waals surface area contributed by atoms with E-state index in [1.54, 1.807) is 0 Å². The Morgan fingerprint density at radius 1 is 1.17 bits per heavy atom. The van der Waals surface area contributed by atoms with Gasteiger partial charge in [-0.05, 0) is 49.7 Å². The summed E-state index contributed by atoms with van der Waals surface area (Å²) in [5.41, 5.74) is 3.76. The summed E-state index contributed by atoms with van der Waals surface area (Å²) in [5.74, 6) is 0. The molecule has 0 radical (unpaired) electrons. The molecule has 96 valence electrons. The van der Waals surface area contributed by atoms with Crippen molar-refractivity contribution < 1.29 is 0 Å². The standard InChI is InChI=1S/C15H20N2S/c1-11-8-9-13-14(10-11)17(15(18)16-13)12-6-4-2-3-5-7-12/h8-10,12H,2-7H2,1H3,(H,16,18). The van der Waals surface area contributed by atoms with Crippen molar-refractivity contribution in [2.75, 3.05) is 0 Å². The van der Waals surface area contributed by atoms with Crippen molar-refractivity contribution in [2.24, 2.45) is 0 Å². The van der Waals surface area contributed by atoms with Crippen LogP contribution >= 0.6 is 12.2 Å². The van der Waals surface area contributed by atoms with Crippen molar-refractivity contribution in [3.63, 3.8) is 0 Å². The summed E-state index contributed by atoms with van der Waals surface area (Å²) in [6, 6.07) is 7.14. The molecule has 1 aliphatic rings. The molecule has 0 atom stereocenters. The van der Waals surface area contributed by atoms with Gasteiger partial charge in [0.2, 0.25) is 0 Å². The first-order valence-corrected chi connectivity index (χ1v) is 7.37. The van der Waals surface area contributed by atoms with Crippen LogP contribution < -0.4 is 0 Å². The number of nitrogens with one attached hydrogen (secondary N) is 1. The summed E-state index contributed by atoms with van der Waals surface area (Å²) in [5, 5.41) is 0.